The van der Waals surface area contributed by atoms with Gasteiger partial charge in [0.25, 0.3) is 0 Å². The summed E-state index contributed by atoms with van der Waals surface area (Å²) in [5.74, 6) is 3.41. The number of hydrogen-bond donors (Lipinski definition) is 0. The van der Waals surface area contributed by atoms with Gasteiger partial charge in [-0.15, -0.1) is 49.8 Å². The number of hydrogen-bond acceptors (Lipinski definition) is 0. The van der Waals surface area contributed by atoms with Crippen molar-refractivity contribution in [2.24, 2.45) is 11.8 Å². The van der Waals surface area contributed by atoms with Crippen LogP contribution in [0.3, 0.4) is 0 Å². The van der Waals surface area contributed by atoms with Crippen molar-refractivity contribution in [2.45, 2.75) is 67.2 Å². The lowest BCUT2D eigenvalue weighted by molar-refractivity contribution is 0.578. The van der Waals surface area contributed by atoms with Crippen LogP contribution in [-0.4, -0.2) is 30.6 Å². The highest BCUT2D eigenvalue weighted by Gasteiger charge is 2.13. The standard InChI is InChI=1S/C17H38P2.2BrH/c1-7-18(13-9-11-16(3)4)15-19(8-2)14-10-12-17(5)6;;/h16-17H,7-15H2,1-6H3;2*1H. The molecule has 0 N–H and O–H groups in total. The third-order valence-electron chi connectivity index (χ3n) is 3.81. The fourth-order valence-electron chi connectivity index (χ4n) is 2.39. The van der Waals surface area contributed by atoms with Crippen molar-refractivity contribution >= 4 is 49.8 Å². The summed E-state index contributed by atoms with van der Waals surface area (Å²) in [7, 11) is 0.725. The van der Waals surface area contributed by atoms with Crippen molar-refractivity contribution < 1.29 is 0 Å². The summed E-state index contributed by atoms with van der Waals surface area (Å²) in [6.45, 7) is 14.3. The fraction of sp³-hybridized carbons (Fsp3) is 1.00. The maximum Gasteiger partial charge on any atom is -0.0121 e. The van der Waals surface area contributed by atoms with Crippen molar-refractivity contribution in [1.29, 1.82) is 0 Å². The van der Waals surface area contributed by atoms with Gasteiger partial charge >= 0.3 is 0 Å². The predicted octanol–water partition coefficient (Wildman–Crippen LogP) is 7.98. The molecular formula is C17H40Br2P2. The molecule has 0 nitrogen and oxygen atoms in total. The molecule has 0 rings (SSSR count). The molecule has 0 aliphatic heterocycles. The molecule has 4 heteroatoms. The van der Waals surface area contributed by atoms with Gasteiger partial charge < -0.3 is 0 Å². The Balaban J connectivity index is -0.00000162. The molecule has 0 aromatic carbocycles. The molecule has 0 aromatic heterocycles. The molecule has 132 valence electrons. The van der Waals surface area contributed by atoms with Gasteiger partial charge in [0.1, 0.15) is 0 Å². The second kappa shape index (κ2) is 18.2. The lowest BCUT2D eigenvalue weighted by Crippen LogP contribution is -1.99. The quantitative estimate of drug-likeness (QED) is 0.256. The highest BCUT2D eigenvalue weighted by Crippen LogP contribution is 2.51. The highest BCUT2D eigenvalue weighted by atomic mass is 79.9. The molecule has 0 fully saturated rings. The first kappa shape index (κ1) is 27.7. The topological polar surface area (TPSA) is 0 Å². The Kier molecular flexibility index (Phi) is 23.9. The van der Waals surface area contributed by atoms with Crippen LogP contribution in [0.15, 0.2) is 0 Å². The average Bonchev–Trinajstić information content (AvgIpc) is 2.34. The summed E-state index contributed by atoms with van der Waals surface area (Å²) in [6, 6.07) is 0. The Labute approximate surface area is 159 Å². The maximum atomic E-state index is 2.43. The van der Waals surface area contributed by atoms with Crippen LogP contribution < -0.4 is 0 Å². The molecule has 0 aliphatic rings. The van der Waals surface area contributed by atoms with E-state index >= 15 is 0 Å². The van der Waals surface area contributed by atoms with E-state index in [1.165, 1.54) is 38.0 Å². The summed E-state index contributed by atoms with van der Waals surface area (Å²) in [5.41, 5.74) is 0. The Hall–Kier alpha value is 1.82. The lowest BCUT2D eigenvalue weighted by Gasteiger charge is -2.23. The first-order valence-electron chi connectivity index (χ1n) is 8.44. The van der Waals surface area contributed by atoms with Gasteiger partial charge in [-0.25, -0.2) is 0 Å². The fourth-order valence-corrected chi connectivity index (χ4v) is 9.27. The molecule has 0 amide bonds. The van der Waals surface area contributed by atoms with Crippen molar-refractivity contribution in [2.75, 3.05) is 30.6 Å². The number of halogens is 2. The molecule has 0 saturated heterocycles. The van der Waals surface area contributed by atoms with Gasteiger partial charge in [-0.1, -0.05) is 54.4 Å². The summed E-state index contributed by atoms with van der Waals surface area (Å²) in [4.78, 5) is 0. The second-order valence-corrected chi connectivity index (χ2v) is 12.6. The van der Waals surface area contributed by atoms with E-state index in [4.69, 9.17) is 0 Å². The van der Waals surface area contributed by atoms with Crippen LogP contribution in [0, 0.1) is 11.8 Å². The molecule has 0 spiro atoms. The monoisotopic (exact) mass is 464 g/mol. The van der Waals surface area contributed by atoms with Gasteiger partial charge in [0.05, 0.1) is 0 Å². The average molecular weight is 466 g/mol. The second-order valence-electron chi connectivity index (χ2n) is 6.63. The summed E-state index contributed by atoms with van der Waals surface area (Å²) in [5, 5.41) is 0. The predicted molar refractivity (Wildman–Crippen MR) is 118 cm³/mol. The van der Waals surface area contributed by atoms with E-state index < -0.39 is 0 Å². The van der Waals surface area contributed by atoms with Gasteiger partial charge in [-0.05, 0) is 55.2 Å². The third-order valence-corrected chi connectivity index (χ3v) is 10.7. The van der Waals surface area contributed by atoms with Crippen LogP contribution in [-0.2, 0) is 0 Å². The van der Waals surface area contributed by atoms with Gasteiger partial charge in [0.15, 0.2) is 0 Å². The largest absolute Gasteiger partial charge is 0.114 e. The first-order valence-corrected chi connectivity index (χ1v) is 12.2. The van der Waals surface area contributed by atoms with Crippen molar-refractivity contribution in [3.8, 4) is 0 Å². The minimum absolute atomic E-state index is 0. The van der Waals surface area contributed by atoms with E-state index in [1.807, 2.05) is 0 Å². The highest BCUT2D eigenvalue weighted by molar-refractivity contribution is 8.93. The van der Waals surface area contributed by atoms with Crippen LogP contribution in [0.5, 0.6) is 0 Å². The van der Waals surface area contributed by atoms with E-state index in [-0.39, 0.29) is 34.0 Å². The van der Waals surface area contributed by atoms with Crippen molar-refractivity contribution in [3.63, 3.8) is 0 Å². The Morgan fingerprint density at radius 1 is 0.667 bits per heavy atom. The van der Waals surface area contributed by atoms with E-state index in [2.05, 4.69) is 41.5 Å². The van der Waals surface area contributed by atoms with Gasteiger partial charge in [-0.3, -0.25) is 0 Å². The molecule has 0 bridgehead atoms. The van der Waals surface area contributed by atoms with Crippen LogP contribution >= 0.6 is 49.8 Å². The van der Waals surface area contributed by atoms with E-state index in [1.54, 1.807) is 18.2 Å². The Morgan fingerprint density at radius 3 is 1.24 bits per heavy atom. The summed E-state index contributed by atoms with van der Waals surface area (Å²) in [6.07, 6.45) is 11.9. The van der Waals surface area contributed by atoms with Gasteiger partial charge in [-0.2, -0.15) is 0 Å². The summed E-state index contributed by atoms with van der Waals surface area (Å²) >= 11 is 0. The van der Waals surface area contributed by atoms with E-state index in [9.17, 15) is 0 Å². The zero-order valence-corrected chi connectivity index (χ0v) is 20.4. The third kappa shape index (κ3) is 18.0. The molecule has 0 saturated carbocycles. The molecular weight excluding hydrogens is 426 g/mol. The number of rotatable bonds is 12. The normalized spacial score (nSPS) is 13.7. The first-order chi connectivity index (χ1) is 8.99. The molecule has 21 heavy (non-hydrogen) atoms. The Bertz CT molecular complexity index is 179. The van der Waals surface area contributed by atoms with Crippen LogP contribution in [0.4, 0.5) is 0 Å². The van der Waals surface area contributed by atoms with Crippen molar-refractivity contribution in [1.82, 2.24) is 0 Å². The molecule has 0 heterocycles. The summed E-state index contributed by atoms with van der Waals surface area (Å²) < 4.78 is 0. The van der Waals surface area contributed by atoms with Crippen LogP contribution in [0.25, 0.3) is 0 Å². The van der Waals surface area contributed by atoms with E-state index in [0.717, 1.165) is 11.8 Å². The zero-order chi connectivity index (χ0) is 14.7. The minimum atomic E-state index is 0. The maximum absolute atomic E-state index is 2.43. The zero-order valence-electron chi connectivity index (χ0n) is 15.2. The lowest BCUT2D eigenvalue weighted by atomic mass is 10.1. The smallest absolute Gasteiger partial charge is 0.0121 e. The van der Waals surface area contributed by atoms with Crippen molar-refractivity contribution in [3.05, 3.63) is 0 Å². The van der Waals surface area contributed by atoms with E-state index in [0.29, 0.717) is 15.8 Å². The minimum Gasteiger partial charge on any atom is -0.114 e. The molecule has 0 radical (unpaired) electrons. The molecule has 0 aromatic rings. The Morgan fingerprint density at radius 2 is 1.00 bits per heavy atom. The van der Waals surface area contributed by atoms with Gasteiger partial charge in [0.2, 0.25) is 0 Å². The molecule has 2 unspecified atom stereocenters. The van der Waals surface area contributed by atoms with Gasteiger partial charge in [0, 0.05) is 0 Å². The van der Waals surface area contributed by atoms with Crippen LogP contribution in [0.1, 0.15) is 67.2 Å². The SMILES string of the molecule is Br.Br.CCP(CCCC(C)C)CP(CC)CCCC(C)C. The molecule has 0 aliphatic carbocycles. The molecule has 2 atom stereocenters. The van der Waals surface area contributed by atoms with Crippen LogP contribution in [0.2, 0.25) is 0 Å².